The van der Waals surface area contributed by atoms with Crippen LogP contribution < -0.4 is 5.32 Å². The lowest BCUT2D eigenvalue weighted by Gasteiger charge is -2.33. The van der Waals surface area contributed by atoms with Crippen LogP contribution in [-0.2, 0) is 10.0 Å². The van der Waals surface area contributed by atoms with Crippen molar-refractivity contribution in [1.29, 1.82) is 0 Å². The fraction of sp³-hybridized carbons (Fsp3) is 0.600. The van der Waals surface area contributed by atoms with Crippen molar-refractivity contribution in [2.24, 2.45) is 0 Å². The molecular formula is C15H24Cl2N2O2S. The van der Waals surface area contributed by atoms with Crippen molar-refractivity contribution in [3.05, 3.63) is 28.8 Å². The minimum atomic E-state index is -3.54. The maximum atomic E-state index is 13.0. The molecule has 1 saturated heterocycles. The minimum Gasteiger partial charge on any atom is -0.317 e. The third-order valence-corrected chi connectivity index (χ3v) is 6.27. The standard InChI is InChI=1S/C15H23ClN2O2S.ClH/c1-3-10-18(13-6-8-17-9-7-13)21(19,20)15-11-12(2)4-5-14(15)16;/h4-5,11,13,17H,3,6-10H2,1-2H3;1H. The lowest BCUT2D eigenvalue weighted by Crippen LogP contribution is -2.46. The predicted octanol–water partition coefficient (Wildman–Crippen LogP) is 3.22. The van der Waals surface area contributed by atoms with Crippen molar-refractivity contribution in [3.63, 3.8) is 0 Å². The monoisotopic (exact) mass is 366 g/mol. The first-order chi connectivity index (χ1) is 9.96. The highest BCUT2D eigenvalue weighted by atomic mass is 35.5. The van der Waals surface area contributed by atoms with Gasteiger partial charge in [-0.3, -0.25) is 0 Å². The van der Waals surface area contributed by atoms with Crippen molar-refractivity contribution < 1.29 is 8.42 Å². The summed E-state index contributed by atoms with van der Waals surface area (Å²) < 4.78 is 27.7. The lowest BCUT2D eigenvalue weighted by atomic mass is 10.1. The average molecular weight is 367 g/mol. The highest BCUT2D eigenvalue weighted by Crippen LogP contribution is 2.28. The molecule has 4 nitrogen and oxygen atoms in total. The number of benzene rings is 1. The van der Waals surface area contributed by atoms with Crippen LogP contribution in [0.1, 0.15) is 31.7 Å². The third-order valence-electron chi connectivity index (χ3n) is 3.83. The highest BCUT2D eigenvalue weighted by molar-refractivity contribution is 7.89. The Hall–Kier alpha value is -0.330. The van der Waals surface area contributed by atoms with Crippen LogP contribution in [0.5, 0.6) is 0 Å². The molecule has 2 rings (SSSR count). The maximum absolute atomic E-state index is 13.0. The first-order valence-corrected chi connectivity index (χ1v) is 9.27. The van der Waals surface area contributed by atoms with Gasteiger partial charge in [-0.1, -0.05) is 24.6 Å². The third kappa shape index (κ3) is 4.36. The van der Waals surface area contributed by atoms with Gasteiger partial charge in [0.25, 0.3) is 0 Å². The van der Waals surface area contributed by atoms with E-state index < -0.39 is 10.0 Å². The summed E-state index contributed by atoms with van der Waals surface area (Å²) in [6, 6.07) is 5.22. The second-order valence-electron chi connectivity index (χ2n) is 5.53. The average Bonchev–Trinajstić information content (AvgIpc) is 2.48. The molecule has 1 aliphatic heterocycles. The maximum Gasteiger partial charge on any atom is 0.244 e. The number of nitrogens with one attached hydrogen (secondary N) is 1. The van der Waals surface area contributed by atoms with Gasteiger partial charge < -0.3 is 5.32 Å². The van der Waals surface area contributed by atoms with Crippen molar-refractivity contribution in [2.45, 2.75) is 44.0 Å². The largest absolute Gasteiger partial charge is 0.317 e. The van der Waals surface area contributed by atoms with E-state index in [1.165, 1.54) is 0 Å². The van der Waals surface area contributed by atoms with Gasteiger partial charge in [0.2, 0.25) is 10.0 Å². The van der Waals surface area contributed by atoms with E-state index in [-0.39, 0.29) is 23.3 Å². The van der Waals surface area contributed by atoms with Crippen molar-refractivity contribution in [1.82, 2.24) is 9.62 Å². The number of aryl methyl sites for hydroxylation is 1. The summed E-state index contributed by atoms with van der Waals surface area (Å²) in [5, 5.41) is 3.58. The smallest absolute Gasteiger partial charge is 0.244 e. The summed E-state index contributed by atoms with van der Waals surface area (Å²) in [5.74, 6) is 0. The van der Waals surface area contributed by atoms with E-state index >= 15 is 0 Å². The van der Waals surface area contributed by atoms with E-state index in [0.29, 0.717) is 11.6 Å². The van der Waals surface area contributed by atoms with Crippen LogP contribution in [0.3, 0.4) is 0 Å². The first kappa shape index (κ1) is 19.7. The number of hydrogen-bond donors (Lipinski definition) is 1. The Morgan fingerprint density at radius 2 is 1.95 bits per heavy atom. The van der Waals surface area contributed by atoms with E-state index in [1.54, 1.807) is 16.4 Å². The highest BCUT2D eigenvalue weighted by Gasteiger charge is 2.32. The number of nitrogens with zero attached hydrogens (tertiary/aromatic N) is 1. The van der Waals surface area contributed by atoms with Gasteiger partial charge >= 0.3 is 0 Å². The normalized spacial score (nSPS) is 16.5. The Bertz CT molecular complexity index is 587. The molecule has 0 radical (unpaired) electrons. The SMILES string of the molecule is CCCN(C1CCNCC1)S(=O)(=O)c1cc(C)ccc1Cl.Cl. The number of hydrogen-bond acceptors (Lipinski definition) is 3. The molecule has 1 aromatic rings. The second kappa shape index (κ2) is 8.50. The Morgan fingerprint density at radius 1 is 1.32 bits per heavy atom. The molecule has 0 bridgehead atoms. The summed E-state index contributed by atoms with van der Waals surface area (Å²) in [6.45, 7) is 6.15. The summed E-state index contributed by atoms with van der Waals surface area (Å²) >= 11 is 6.15. The molecule has 0 saturated carbocycles. The summed E-state index contributed by atoms with van der Waals surface area (Å²) in [5.41, 5.74) is 0.903. The van der Waals surface area contributed by atoms with Crippen LogP contribution in [0.4, 0.5) is 0 Å². The quantitative estimate of drug-likeness (QED) is 0.869. The Morgan fingerprint density at radius 3 is 2.55 bits per heavy atom. The topological polar surface area (TPSA) is 49.4 Å². The van der Waals surface area contributed by atoms with Gasteiger partial charge in [-0.15, -0.1) is 12.4 Å². The molecule has 0 aromatic heterocycles. The van der Waals surface area contributed by atoms with Gasteiger partial charge in [-0.05, 0) is 57.0 Å². The van der Waals surface area contributed by atoms with Crippen molar-refractivity contribution in [2.75, 3.05) is 19.6 Å². The second-order valence-corrected chi connectivity index (χ2v) is 7.80. The summed E-state index contributed by atoms with van der Waals surface area (Å²) in [4.78, 5) is 0.233. The van der Waals surface area contributed by atoms with Crippen LogP contribution in [-0.4, -0.2) is 38.4 Å². The molecule has 0 spiro atoms. The van der Waals surface area contributed by atoms with E-state index in [0.717, 1.165) is 37.9 Å². The van der Waals surface area contributed by atoms with E-state index in [4.69, 9.17) is 11.6 Å². The fourth-order valence-corrected chi connectivity index (χ4v) is 5.09. The zero-order chi connectivity index (χ0) is 15.5. The molecule has 1 aliphatic rings. The Balaban J connectivity index is 0.00000242. The van der Waals surface area contributed by atoms with Gasteiger partial charge in [0, 0.05) is 12.6 Å². The van der Waals surface area contributed by atoms with Gasteiger partial charge in [0.15, 0.2) is 0 Å². The molecule has 0 amide bonds. The van der Waals surface area contributed by atoms with Crippen molar-refractivity contribution in [3.8, 4) is 0 Å². The summed E-state index contributed by atoms with van der Waals surface area (Å²) in [7, 11) is -3.54. The predicted molar refractivity (Wildman–Crippen MR) is 93.5 cm³/mol. The molecule has 0 aliphatic carbocycles. The summed E-state index contributed by atoms with van der Waals surface area (Å²) in [6.07, 6.45) is 2.50. The number of sulfonamides is 1. The molecular weight excluding hydrogens is 343 g/mol. The fourth-order valence-electron chi connectivity index (χ4n) is 2.75. The molecule has 0 unspecified atom stereocenters. The van der Waals surface area contributed by atoms with Crippen LogP contribution in [0.15, 0.2) is 23.1 Å². The van der Waals surface area contributed by atoms with Gasteiger partial charge in [-0.2, -0.15) is 4.31 Å². The molecule has 0 atom stereocenters. The molecule has 1 N–H and O–H groups in total. The molecule has 126 valence electrons. The molecule has 7 heteroatoms. The molecule has 1 heterocycles. The lowest BCUT2D eigenvalue weighted by molar-refractivity contribution is 0.262. The van der Waals surface area contributed by atoms with E-state index in [2.05, 4.69) is 5.32 Å². The Labute approximate surface area is 144 Å². The number of piperidine rings is 1. The van der Waals surface area contributed by atoms with E-state index in [9.17, 15) is 8.42 Å². The molecule has 1 aromatic carbocycles. The van der Waals surface area contributed by atoms with Crippen molar-refractivity contribution >= 4 is 34.0 Å². The van der Waals surface area contributed by atoms with E-state index in [1.807, 2.05) is 19.9 Å². The van der Waals surface area contributed by atoms with Gasteiger partial charge in [0.05, 0.1) is 5.02 Å². The van der Waals surface area contributed by atoms with Crippen LogP contribution in [0, 0.1) is 6.92 Å². The van der Waals surface area contributed by atoms with Crippen LogP contribution >= 0.6 is 24.0 Å². The molecule has 22 heavy (non-hydrogen) atoms. The number of rotatable bonds is 5. The zero-order valence-electron chi connectivity index (χ0n) is 13.0. The van der Waals surface area contributed by atoms with Gasteiger partial charge in [-0.25, -0.2) is 8.42 Å². The van der Waals surface area contributed by atoms with Crippen LogP contribution in [0.2, 0.25) is 5.02 Å². The zero-order valence-corrected chi connectivity index (χ0v) is 15.4. The first-order valence-electron chi connectivity index (χ1n) is 7.45. The minimum absolute atomic E-state index is 0. The van der Waals surface area contributed by atoms with Gasteiger partial charge in [0.1, 0.15) is 4.90 Å². The Kier molecular flexibility index (Phi) is 7.62. The number of halogens is 2. The molecule has 1 fully saturated rings. The van der Waals surface area contributed by atoms with Crippen LogP contribution in [0.25, 0.3) is 0 Å².